The van der Waals surface area contributed by atoms with Crippen LogP contribution in [0.3, 0.4) is 0 Å². The van der Waals surface area contributed by atoms with E-state index in [1.54, 1.807) is 0 Å². The Balaban J connectivity index is 1.98. The first-order valence-corrected chi connectivity index (χ1v) is 5.99. The van der Waals surface area contributed by atoms with E-state index in [1.807, 2.05) is 6.07 Å². The Labute approximate surface area is 95.5 Å². The number of para-hydroxylation sites is 2. The van der Waals surface area contributed by atoms with Gasteiger partial charge in [0.25, 0.3) is 0 Å². The van der Waals surface area contributed by atoms with Crippen molar-refractivity contribution in [2.45, 2.75) is 25.3 Å². The van der Waals surface area contributed by atoms with Gasteiger partial charge in [-0.2, -0.15) is 0 Å². The first-order chi connectivity index (χ1) is 7.84. The highest BCUT2D eigenvalue weighted by Gasteiger charge is 2.23. The first-order valence-electron chi connectivity index (χ1n) is 5.99. The van der Waals surface area contributed by atoms with E-state index < -0.39 is 0 Å². The summed E-state index contributed by atoms with van der Waals surface area (Å²) in [4.78, 5) is 10.5. The quantitative estimate of drug-likeness (QED) is 0.793. The molecule has 0 unspecified atom stereocenters. The molecule has 2 aromatic rings. The number of imidazole rings is 1. The predicted octanol–water partition coefficient (Wildman–Crippen LogP) is 2.72. The lowest BCUT2D eigenvalue weighted by Crippen LogP contribution is -2.30. The fraction of sp³-hybridized carbons (Fsp3) is 0.462. The van der Waals surface area contributed by atoms with Crippen LogP contribution < -0.4 is 0 Å². The fourth-order valence-electron chi connectivity index (χ4n) is 2.55. The molecule has 84 valence electrons. The number of aromatic amines is 1. The minimum absolute atomic E-state index is 0.473. The Morgan fingerprint density at radius 1 is 1.31 bits per heavy atom. The standard InChI is InChI=1S/C13H17N3/c1-16-9-5-4-8-12(16)13-14-10-6-2-3-7-11(10)15-13/h2-3,6-7,12H,4-5,8-9H2,1H3,(H,14,15)/t12-/m1/s1. The van der Waals surface area contributed by atoms with Gasteiger partial charge in [0.05, 0.1) is 17.1 Å². The minimum Gasteiger partial charge on any atom is -0.341 e. The summed E-state index contributed by atoms with van der Waals surface area (Å²) < 4.78 is 0. The van der Waals surface area contributed by atoms with Gasteiger partial charge < -0.3 is 4.98 Å². The number of aromatic nitrogens is 2. The summed E-state index contributed by atoms with van der Waals surface area (Å²) in [6, 6.07) is 8.72. The van der Waals surface area contributed by atoms with Crippen molar-refractivity contribution in [3.8, 4) is 0 Å². The van der Waals surface area contributed by atoms with Crippen LogP contribution in [-0.2, 0) is 0 Å². The lowest BCUT2D eigenvalue weighted by atomic mass is 10.0. The predicted molar refractivity (Wildman–Crippen MR) is 65.3 cm³/mol. The molecule has 0 saturated carbocycles. The van der Waals surface area contributed by atoms with Gasteiger partial charge in [-0.15, -0.1) is 0 Å². The molecule has 1 aromatic carbocycles. The van der Waals surface area contributed by atoms with Gasteiger partial charge in [-0.1, -0.05) is 18.6 Å². The number of nitrogens with zero attached hydrogens (tertiary/aromatic N) is 2. The minimum atomic E-state index is 0.473. The van der Waals surface area contributed by atoms with E-state index in [0.29, 0.717) is 6.04 Å². The van der Waals surface area contributed by atoms with Gasteiger partial charge in [0.15, 0.2) is 0 Å². The zero-order valence-electron chi connectivity index (χ0n) is 9.61. The van der Waals surface area contributed by atoms with E-state index in [1.165, 1.54) is 25.8 Å². The monoisotopic (exact) mass is 215 g/mol. The van der Waals surface area contributed by atoms with Crippen molar-refractivity contribution in [3.63, 3.8) is 0 Å². The summed E-state index contributed by atoms with van der Waals surface area (Å²) in [6.45, 7) is 1.18. The molecule has 0 aliphatic carbocycles. The van der Waals surface area contributed by atoms with Crippen molar-refractivity contribution >= 4 is 11.0 Å². The third kappa shape index (κ3) is 1.61. The maximum absolute atomic E-state index is 4.69. The molecule has 3 rings (SSSR count). The number of piperidine rings is 1. The topological polar surface area (TPSA) is 31.9 Å². The average Bonchev–Trinajstić information content (AvgIpc) is 2.73. The number of likely N-dealkylation sites (tertiary alicyclic amines) is 1. The van der Waals surface area contributed by atoms with Crippen LogP contribution in [-0.4, -0.2) is 28.5 Å². The third-order valence-electron chi connectivity index (χ3n) is 3.49. The van der Waals surface area contributed by atoms with Crippen molar-refractivity contribution in [1.29, 1.82) is 0 Å². The number of rotatable bonds is 1. The van der Waals surface area contributed by atoms with Gasteiger partial charge in [0.1, 0.15) is 5.82 Å². The number of hydrogen-bond acceptors (Lipinski definition) is 2. The largest absolute Gasteiger partial charge is 0.341 e. The molecule has 2 heterocycles. The second-order valence-corrected chi connectivity index (χ2v) is 4.63. The molecule has 3 heteroatoms. The number of nitrogens with one attached hydrogen (secondary N) is 1. The molecular formula is C13H17N3. The van der Waals surface area contributed by atoms with E-state index in [9.17, 15) is 0 Å². The molecule has 1 aliphatic heterocycles. The third-order valence-corrected chi connectivity index (χ3v) is 3.49. The van der Waals surface area contributed by atoms with E-state index in [2.05, 4.69) is 40.1 Å². The van der Waals surface area contributed by atoms with Gasteiger partial charge in [-0.3, -0.25) is 4.90 Å². The summed E-state index contributed by atoms with van der Waals surface area (Å²) in [5.41, 5.74) is 2.23. The molecule has 1 fully saturated rings. The van der Waals surface area contributed by atoms with E-state index >= 15 is 0 Å². The van der Waals surface area contributed by atoms with Gasteiger partial charge >= 0.3 is 0 Å². The van der Waals surface area contributed by atoms with Crippen LogP contribution in [0.1, 0.15) is 31.1 Å². The molecule has 0 bridgehead atoms. The molecule has 0 radical (unpaired) electrons. The highest BCUT2D eigenvalue weighted by Crippen LogP contribution is 2.28. The number of H-pyrrole nitrogens is 1. The molecule has 1 saturated heterocycles. The Morgan fingerprint density at radius 3 is 3.00 bits per heavy atom. The molecule has 1 aliphatic rings. The maximum Gasteiger partial charge on any atom is 0.124 e. The molecule has 0 amide bonds. The van der Waals surface area contributed by atoms with Crippen LogP contribution in [0.25, 0.3) is 11.0 Å². The highest BCUT2D eigenvalue weighted by molar-refractivity contribution is 5.74. The molecule has 3 nitrogen and oxygen atoms in total. The molecule has 1 N–H and O–H groups in total. The summed E-state index contributed by atoms with van der Waals surface area (Å²) in [5.74, 6) is 1.13. The van der Waals surface area contributed by atoms with Crippen molar-refractivity contribution in [1.82, 2.24) is 14.9 Å². The normalized spacial score (nSPS) is 22.7. The van der Waals surface area contributed by atoms with Gasteiger partial charge in [0.2, 0.25) is 0 Å². The zero-order valence-corrected chi connectivity index (χ0v) is 9.61. The van der Waals surface area contributed by atoms with Crippen LogP contribution in [0.4, 0.5) is 0 Å². The number of benzene rings is 1. The van der Waals surface area contributed by atoms with Gasteiger partial charge in [-0.05, 0) is 38.6 Å². The van der Waals surface area contributed by atoms with Crippen LogP contribution >= 0.6 is 0 Å². The van der Waals surface area contributed by atoms with E-state index in [0.717, 1.165) is 16.9 Å². The van der Waals surface area contributed by atoms with E-state index in [-0.39, 0.29) is 0 Å². The second kappa shape index (κ2) is 3.91. The SMILES string of the molecule is CN1CCCC[C@@H]1c1nc2ccccc2[nH]1. The first kappa shape index (κ1) is 9.85. The van der Waals surface area contributed by atoms with Crippen molar-refractivity contribution in [2.75, 3.05) is 13.6 Å². The number of hydrogen-bond donors (Lipinski definition) is 1. The van der Waals surface area contributed by atoms with Crippen LogP contribution in [0.2, 0.25) is 0 Å². The second-order valence-electron chi connectivity index (χ2n) is 4.63. The molecule has 1 atom stereocenters. The Hall–Kier alpha value is -1.35. The molecule has 16 heavy (non-hydrogen) atoms. The summed E-state index contributed by atoms with van der Waals surface area (Å²) >= 11 is 0. The van der Waals surface area contributed by atoms with Crippen molar-refractivity contribution < 1.29 is 0 Å². The van der Waals surface area contributed by atoms with Crippen LogP contribution in [0.5, 0.6) is 0 Å². The maximum atomic E-state index is 4.69. The highest BCUT2D eigenvalue weighted by atomic mass is 15.2. The summed E-state index contributed by atoms with van der Waals surface area (Å²) in [6.07, 6.45) is 3.84. The molecular weight excluding hydrogens is 198 g/mol. The van der Waals surface area contributed by atoms with Gasteiger partial charge in [0, 0.05) is 0 Å². The Bertz CT molecular complexity index is 456. The zero-order chi connectivity index (χ0) is 11.0. The van der Waals surface area contributed by atoms with Gasteiger partial charge in [-0.25, -0.2) is 4.98 Å². The van der Waals surface area contributed by atoms with Crippen molar-refractivity contribution in [3.05, 3.63) is 30.1 Å². The Kier molecular flexibility index (Phi) is 2.40. The van der Waals surface area contributed by atoms with Crippen LogP contribution in [0.15, 0.2) is 24.3 Å². The van der Waals surface area contributed by atoms with E-state index in [4.69, 9.17) is 0 Å². The summed E-state index contributed by atoms with van der Waals surface area (Å²) in [7, 11) is 2.19. The lowest BCUT2D eigenvalue weighted by molar-refractivity contribution is 0.180. The Morgan fingerprint density at radius 2 is 2.19 bits per heavy atom. The van der Waals surface area contributed by atoms with Crippen LogP contribution in [0, 0.1) is 0 Å². The fourth-order valence-corrected chi connectivity index (χ4v) is 2.55. The van der Waals surface area contributed by atoms with Crippen molar-refractivity contribution in [2.24, 2.45) is 0 Å². The molecule has 1 aromatic heterocycles. The number of fused-ring (bicyclic) bond motifs is 1. The average molecular weight is 215 g/mol. The smallest absolute Gasteiger partial charge is 0.124 e. The lowest BCUT2D eigenvalue weighted by Gasteiger charge is -2.30. The summed E-state index contributed by atoms with van der Waals surface area (Å²) in [5, 5.41) is 0. The molecule has 0 spiro atoms.